The number of hydrogen-bond donors (Lipinski definition) is 1. The first-order chi connectivity index (χ1) is 11.3. The lowest BCUT2D eigenvalue weighted by Crippen LogP contribution is -2.42. The van der Waals surface area contributed by atoms with Gasteiger partial charge in [-0.2, -0.15) is 0 Å². The van der Waals surface area contributed by atoms with Crippen LogP contribution in [0.5, 0.6) is 0 Å². The number of piperidine rings is 1. The average molecular weight is 313 g/mol. The Balaban J connectivity index is 1.38. The van der Waals surface area contributed by atoms with E-state index < -0.39 is 0 Å². The van der Waals surface area contributed by atoms with Gasteiger partial charge in [-0.25, -0.2) is 4.39 Å². The summed E-state index contributed by atoms with van der Waals surface area (Å²) in [5.41, 5.74) is 1.94. The van der Waals surface area contributed by atoms with Crippen LogP contribution in [0.1, 0.15) is 31.2 Å². The van der Waals surface area contributed by atoms with E-state index in [1.54, 1.807) is 18.3 Å². The molecule has 3 nitrogen and oxygen atoms in total. The van der Waals surface area contributed by atoms with Gasteiger partial charge in [0.2, 0.25) is 0 Å². The fraction of sp³-hybridized carbons (Fsp3) is 0.526. The van der Waals surface area contributed by atoms with Gasteiger partial charge in [0, 0.05) is 24.2 Å². The van der Waals surface area contributed by atoms with E-state index in [1.165, 1.54) is 32.2 Å². The molecule has 0 spiro atoms. The minimum absolute atomic E-state index is 0.181. The van der Waals surface area contributed by atoms with Gasteiger partial charge < -0.3 is 5.32 Å². The van der Waals surface area contributed by atoms with E-state index >= 15 is 0 Å². The number of aromatic nitrogens is 1. The van der Waals surface area contributed by atoms with Crippen LogP contribution in [-0.2, 0) is 6.54 Å². The molecule has 1 aromatic carbocycles. The Bertz CT molecular complexity index is 675. The van der Waals surface area contributed by atoms with E-state index in [0.29, 0.717) is 11.4 Å². The van der Waals surface area contributed by atoms with Crippen molar-refractivity contribution in [2.45, 2.75) is 38.3 Å². The Labute approximate surface area is 136 Å². The molecule has 1 N–H and O–H groups in total. The monoisotopic (exact) mass is 313 g/mol. The molecule has 23 heavy (non-hydrogen) atoms. The number of nitrogens with zero attached hydrogens (tertiary/aromatic N) is 2. The molecule has 2 heterocycles. The lowest BCUT2D eigenvalue weighted by atomic mass is 10.0. The molecule has 0 atom stereocenters. The Kier molecular flexibility index (Phi) is 4.27. The molecule has 0 unspecified atom stereocenters. The minimum Gasteiger partial charge on any atom is -0.314 e. The first kappa shape index (κ1) is 15.0. The Morgan fingerprint density at radius 3 is 2.74 bits per heavy atom. The van der Waals surface area contributed by atoms with E-state index in [-0.39, 0.29) is 5.82 Å². The van der Waals surface area contributed by atoms with Crippen molar-refractivity contribution >= 4 is 10.9 Å². The lowest BCUT2D eigenvalue weighted by Gasteiger charge is -2.32. The van der Waals surface area contributed by atoms with Gasteiger partial charge >= 0.3 is 0 Å². The van der Waals surface area contributed by atoms with Gasteiger partial charge in [-0.15, -0.1) is 0 Å². The van der Waals surface area contributed by atoms with Crippen molar-refractivity contribution in [2.24, 2.45) is 5.92 Å². The van der Waals surface area contributed by atoms with E-state index in [2.05, 4.69) is 15.2 Å². The first-order valence-electron chi connectivity index (χ1n) is 8.77. The summed E-state index contributed by atoms with van der Waals surface area (Å²) in [6, 6.07) is 7.75. The summed E-state index contributed by atoms with van der Waals surface area (Å²) in [5.74, 6) is 0.768. The van der Waals surface area contributed by atoms with Gasteiger partial charge in [0.25, 0.3) is 0 Å². The molecular formula is C19H24FN3. The summed E-state index contributed by atoms with van der Waals surface area (Å²) in [4.78, 5) is 6.87. The predicted octanol–water partition coefficient (Wildman–Crippen LogP) is 3.34. The third kappa shape index (κ3) is 3.54. The number of likely N-dealkylation sites (tertiary alicyclic amines) is 1. The highest BCUT2D eigenvalue weighted by Crippen LogP contribution is 2.28. The minimum atomic E-state index is -0.181. The summed E-state index contributed by atoms with van der Waals surface area (Å²) >= 11 is 0. The zero-order valence-electron chi connectivity index (χ0n) is 13.5. The van der Waals surface area contributed by atoms with Crippen LogP contribution >= 0.6 is 0 Å². The normalized spacial score (nSPS) is 20.2. The van der Waals surface area contributed by atoms with Gasteiger partial charge in [0.05, 0.1) is 5.52 Å². The second-order valence-electron chi connectivity index (χ2n) is 7.01. The Hall–Kier alpha value is -1.52. The van der Waals surface area contributed by atoms with Crippen LogP contribution in [0.3, 0.4) is 0 Å². The highest BCUT2D eigenvalue weighted by Gasteiger charge is 2.24. The molecule has 1 aliphatic heterocycles. The van der Waals surface area contributed by atoms with Crippen molar-refractivity contribution < 1.29 is 4.39 Å². The molecule has 2 fully saturated rings. The summed E-state index contributed by atoms with van der Waals surface area (Å²) in [5, 5.41) is 4.35. The lowest BCUT2D eigenvalue weighted by molar-refractivity contribution is 0.190. The number of benzene rings is 1. The van der Waals surface area contributed by atoms with Gasteiger partial charge in [-0.05, 0) is 75.0 Å². The highest BCUT2D eigenvalue weighted by atomic mass is 19.1. The van der Waals surface area contributed by atoms with Gasteiger partial charge in [-0.1, -0.05) is 6.07 Å². The molecule has 4 heteroatoms. The van der Waals surface area contributed by atoms with E-state index in [1.807, 2.05) is 12.1 Å². The maximum atomic E-state index is 13.9. The van der Waals surface area contributed by atoms with Crippen molar-refractivity contribution in [1.29, 1.82) is 0 Å². The summed E-state index contributed by atoms with van der Waals surface area (Å²) < 4.78 is 13.9. The van der Waals surface area contributed by atoms with Crippen molar-refractivity contribution in [3.05, 3.63) is 41.8 Å². The van der Waals surface area contributed by atoms with Crippen LogP contribution in [0, 0.1) is 11.7 Å². The first-order valence-corrected chi connectivity index (χ1v) is 8.77. The zero-order valence-corrected chi connectivity index (χ0v) is 13.5. The Morgan fingerprint density at radius 1 is 1.13 bits per heavy atom. The van der Waals surface area contributed by atoms with Crippen molar-refractivity contribution in [1.82, 2.24) is 15.2 Å². The van der Waals surface area contributed by atoms with Gasteiger partial charge in [0.15, 0.2) is 0 Å². The molecule has 1 saturated heterocycles. The average Bonchev–Trinajstić information content (AvgIpc) is 3.41. The second kappa shape index (κ2) is 6.54. The number of hydrogen-bond acceptors (Lipinski definition) is 3. The molecule has 0 bridgehead atoms. The van der Waals surface area contributed by atoms with Gasteiger partial charge in [-0.3, -0.25) is 9.88 Å². The molecule has 2 aliphatic rings. The van der Waals surface area contributed by atoms with Crippen LogP contribution in [0.25, 0.3) is 10.9 Å². The molecule has 0 radical (unpaired) electrons. The summed E-state index contributed by atoms with van der Waals surface area (Å²) in [6.07, 6.45) is 6.99. The summed E-state index contributed by atoms with van der Waals surface area (Å²) in [6.45, 7) is 4.28. The van der Waals surface area contributed by atoms with Crippen LogP contribution in [0.15, 0.2) is 30.5 Å². The topological polar surface area (TPSA) is 28.2 Å². The van der Waals surface area contributed by atoms with Crippen LogP contribution in [-0.4, -0.2) is 35.6 Å². The fourth-order valence-corrected chi connectivity index (χ4v) is 3.52. The fourth-order valence-electron chi connectivity index (χ4n) is 3.52. The standard InChI is InChI=1S/C19H24FN3/c20-18-6-5-15(19-17(18)2-1-9-21-19)13-23-10-7-16(8-11-23)22-12-14-3-4-14/h1-2,5-6,9,14,16,22H,3-4,7-8,10-13H2. The SMILES string of the molecule is Fc1ccc(CN2CCC(NCC3CC3)CC2)c2ncccc12. The number of rotatable bonds is 5. The van der Waals surface area contributed by atoms with E-state index in [9.17, 15) is 4.39 Å². The zero-order chi connectivity index (χ0) is 15.6. The molecule has 122 valence electrons. The molecule has 0 amide bonds. The maximum absolute atomic E-state index is 13.9. The number of nitrogens with one attached hydrogen (secondary N) is 1. The smallest absolute Gasteiger partial charge is 0.132 e. The summed E-state index contributed by atoms with van der Waals surface area (Å²) in [7, 11) is 0. The molecule has 1 aromatic heterocycles. The maximum Gasteiger partial charge on any atom is 0.132 e. The molecule has 4 rings (SSSR count). The number of fused-ring (bicyclic) bond motifs is 1. The van der Waals surface area contributed by atoms with Gasteiger partial charge in [0.1, 0.15) is 5.82 Å². The quantitative estimate of drug-likeness (QED) is 0.917. The van der Waals surface area contributed by atoms with Crippen LogP contribution < -0.4 is 5.32 Å². The third-order valence-corrected chi connectivity index (χ3v) is 5.17. The van der Waals surface area contributed by atoms with Crippen LogP contribution in [0.4, 0.5) is 4.39 Å². The van der Waals surface area contributed by atoms with Crippen molar-refractivity contribution in [3.8, 4) is 0 Å². The largest absolute Gasteiger partial charge is 0.314 e. The molecular weight excluding hydrogens is 289 g/mol. The molecule has 1 aliphatic carbocycles. The second-order valence-corrected chi connectivity index (χ2v) is 7.01. The third-order valence-electron chi connectivity index (χ3n) is 5.17. The van der Waals surface area contributed by atoms with E-state index in [4.69, 9.17) is 0 Å². The number of halogens is 1. The molecule has 2 aromatic rings. The van der Waals surface area contributed by atoms with E-state index in [0.717, 1.165) is 36.6 Å². The number of pyridine rings is 1. The molecule has 1 saturated carbocycles. The van der Waals surface area contributed by atoms with Crippen molar-refractivity contribution in [2.75, 3.05) is 19.6 Å². The van der Waals surface area contributed by atoms with Crippen LogP contribution in [0.2, 0.25) is 0 Å². The predicted molar refractivity (Wildman–Crippen MR) is 90.7 cm³/mol. The highest BCUT2D eigenvalue weighted by molar-refractivity contribution is 5.82. The van der Waals surface area contributed by atoms with Crippen molar-refractivity contribution in [3.63, 3.8) is 0 Å². The Morgan fingerprint density at radius 2 is 1.96 bits per heavy atom.